The van der Waals surface area contributed by atoms with Crippen molar-refractivity contribution in [3.8, 4) is 5.75 Å². The van der Waals surface area contributed by atoms with Gasteiger partial charge in [-0.05, 0) is 72.0 Å². The average molecular weight is 457 g/mol. The number of benzene rings is 1. The fraction of sp³-hybridized carbons (Fsp3) is 0.222. The summed E-state index contributed by atoms with van der Waals surface area (Å²) >= 11 is 0. The Hall–Kier alpha value is -3.39. The molecule has 0 fully saturated rings. The monoisotopic (exact) mass is 457 g/mol. The van der Waals surface area contributed by atoms with E-state index >= 15 is 0 Å². The summed E-state index contributed by atoms with van der Waals surface area (Å²) in [5, 5.41) is 19.4. The molecule has 6 nitrogen and oxygen atoms in total. The van der Waals surface area contributed by atoms with Crippen LogP contribution < -0.4 is 4.74 Å². The van der Waals surface area contributed by atoms with Gasteiger partial charge in [-0.2, -0.15) is 0 Å². The summed E-state index contributed by atoms with van der Waals surface area (Å²) in [5.41, 5.74) is 3.57. The van der Waals surface area contributed by atoms with Gasteiger partial charge in [0.15, 0.2) is 0 Å². The minimum Gasteiger partial charge on any atom is -0.489 e. The minimum absolute atomic E-state index is 0.151. The molecular formula is C27H28BNO5. The van der Waals surface area contributed by atoms with Crippen LogP contribution in [0.2, 0.25) is 6.32 Å². The molecule has 4 rings (SSSR count). The van der Waals surface area contributed by atoms with Crippen LogP contribution in [0, 0.1) is 0 Å². The topological polar surface area (TPSA) is 85.0 Å². The van der Waals surface area contributed by atoms with Gasteiger partial charge in [0.2, 0.25) is 0 Å². The highest BCUT2D eigenvalue weighted by Gasteiger charge is 2.28. The van der Waals surface area contributed by atoms with Gasteiger partial charge in [-0.15, -0.1) is 0 Å². The van der Waals surface area contributed by atoms with E-state index in [0.717, 1.165) is 28.2 Å². The van der Waals surface area contributed by atoms with E-state index in [1.807, 2.05) is 66.7 Å². The molecule has 7 heteroatoms. The predicted molar refractivity (Wildman–Crippen MR) is 133 cm³/mol. The SMILES string of the molecule is C=C(COc1ccccc1)C1=CCB(O)OC1CC/C(=C/c1ccc(CO)o1)c1ccccn1. The van der Waals surface area contributed by atoms with Gasteiger partial charge in [-0.1, -0.05) is 36.9 Å². The van der Waals surface area contributed by atoms with Gasteiger partial charge >= 0.3 is 7.12 Å². The van der Waals surface area contributed by atoms with E-state index in [1.54, 1.807) is 12.3 Å². The number of para-hydroxylation sites is 1. The third kappa shape index (κ3) is 6.35. The first kappa shape index (κ1) is 23.8. The fourth-order valence-electron chi connectivity index (χ4n) is 3.89. The van der Waals surface area contributed by atoms with Crippen molar-refractivity contribution in [3.05, 3.63) is 108 Å². The molecule has 174 valence electrons. The second kappa shape index (κ2) is 11.7. The number of pyridine rings is 1. The van der Waals surface area contributed by atoms with Crippen LogP contribution in [0.4, 0.5) is 0 Å². The Kier molecular flexibility index (Phi) is 8.15. The Morgan fingerprint density at radius 1 is 1.15 bits per heavy atom. The molecule has 1 aromatic carbocycles. The average Bonchev–Trinajstić information content (AvgIpc) is 3.34. The van der Waals surface area contributed by atoms with Crippen LogP contribution in [0.1, 0.15) is 30.1 Å². The number of aromatic nitrogens is 1. The summed E-state index contributed by atoms with van der Waals surface area (Å²) in [4.78, 5) is 4.50. The second-order valence-electron chi connectivity index (χ2n) is 8.07. The maximum Gasteiger partial charge on any atom is 0.458 e. The van der Waals surface area contributed by atoms with Crippen LogP contribution in [0.25, 0.3) is 11.6 Å². The van der Waals surface area contributed by atoms with Crippen molar-refractivity contribution in [2.45, 2.75) is 31.9 Å². The molecule has 34 heavy (non-hydrogen) atoms. The van der Waals surface area contributed by atoms with E-state index in [9.17, 15) is 10.1 Å². The smallest absolute Gasteiger partial charge is 0.458 e. The zero-order valence-electron chi connectivity index (χ0n) is 19.0. The molecule has 0 saturated heterocycles. The van der Waals surface area contributed by atoms with Crippen LogP contribution in [-0.2, 0) is 11.3 Å². The molecule has 0 aliphatic carbocycles. The molecule has 0 bridgehead atoms. The molecule has 2 aromatic heterocycles. The zero-order valence-corrected chi connectivity index (χ0v) is 19.0. The third-order valence-corrected chi connectivity index (χ3v) is 5.60. The highest BCUT2D eigenvalue weighted by molar-refractivity contribution is 6.43. The lowest BCUT2D eigenvalue weighted by atomic mass is 9.78. The molecule has 0 amide bonds. The van der Waals surface area contributed by atoms with Crippen LogP contribution in [0.15, 0.2) is 95.1 Å². The second-order valence-corrected chi connectivity index (χ2v) is 8.07. The Morgan fingerprint density at radius 3 is 2.71 bits per heavy atom. The van der Waals surface area contributed by atoms with Crippen LogP contribution in [0.3, 0.4) is 0 Å². The van der Waals surface area contributed by atoms with E-state index in [-0.39, 0.29) is 12.7 Å². The van der Waals surface area contributed by atoms with Gasteiger partial charge in [-0.25, -0.2) is 0 Å². The van der Waals surface area contributed by atoms with Gasteiger partial charge in [-0.3, -0.25) is 4.98 Å². The number of nitrogens with zero attached hydrogens (tertiary/aromatic N) is 1. The molecular weight excluding hydrogens is 429 g/mol. The van der Waals surface area contributed by atoms with Crippen LogP contribution in [-0.4, -0.2) is 34.9 Å². The normalized spacial score (nSPS) is 16.3. The molecule has 1 aliphatic heterocycles. The molecule has 0 radical (unpaired) electrons. The van der Waals surface area contributed by atoms with E-state index in [4.69, 9.17) is 13.8 Å². The number of hydrogen-bond acceptors (Lipinski definition) is 6. The number of hydrogen-bond donors (Lipinski definition) is 2. The van der Waals surface area contributed by atoms with Crippen LogP contribution in [0.5, 0.6) is 5.75 Å². The molecule has 1 aliphatic rings. The van der Waals surface area contributed by atoms with E-state index < -0.39 is 7.12 Å². The summed E-state index contributed by atoms with van der Waals surface area (Å²) in [6.07, 6.45) is 7.00. The van der Waals surface area contributed by atoms with Crippen molar-refractivity contribution in [2.75, 3.05) is 6.61 Å². The lowest BCUT2D eigenvalue weighted by Crippen LogP contribution is -2.32. The van der Waals surface area contributed by atoms with Gasteiger partial charge < -0.3 is 23.9 Å². The van der Waals surface area contributed by atoms with Crippen LogP contribution >= 0.6 is 0 Å². The summed E-state index contributed by atoms with van der Waals surface area (Å²) in [7, 11) is -0.851. The van der Waals surface area contributed by atoms with E-state index in [2.05, 4.69) is 11.6 Å². The zero-order chi connectivity index (χ0) is 23.8. The minimum atomic E-state index is -0.851. The number of rotatable bonds is 10. The molecule has 1 atom stereocenters. The molecule has 1 unspecified atom stereocenters. The lowest BCUT2D eigenvalue weighted by Gasteiger charge is -2.28. The number of allylic oxidation sites excluding steroid dienone is 2. The number of furan rings is 1. The quantitative estimate of drug-likeness (QED) is 0.420. The van der Waals surface area contributed by atoms with Gasteiger partial charge in [0.05, 0.1) is 11.8 Å². The summed E-state index contributed by atoms with van der Waals surface area (Å²) in [6.45, 7) is 4.40. The maximum absolute atomic E-state index is 10.1. The molecule has 3 aromatic rings. The van der Waals surface area contributed by atoms with Crippen molar-refractivity contribution in [3.63, 3.8) is 0 Å². The molecule has 2 N–H and O–H groups in total. The fourth-order valence-corrected chi connectivity index (χ4v) is 3.89. The number of ether oxygens (including phenoxy) is 1. The first-order chi connectivity index (χ1) is 16.6. The molecule has 3 heterocycles. The Balaban J connectivity index is 1.48. The Labute approximate surface area is 200 Å². The van der Waals surface area contributed by atoms with Crippen molar-refractivity contribution in [2.24, 2.45) is 0 Å². The van der Waals surface area contributed by atoms with Crippen molar-refractivity contribution in [1.82, 2.24) is 4.98 Å². The largest absolute Gasteiger partial charge is 0.489 e. The van der Waals surface area contributed by atoms with Gasteiger partial charge in [0.25, 0.3) is 0 Å². The van der Waals surface area contributed by atoms with Gasteiger partial charge in [0, 0.05) is 12.5 Å². The van der Waals surface area contributed by atoms with E-state index in [0.29, 0.717) is 37.3 Å². The molecule has 0 saturated carbocycles. The number of aliphatic hydroxyl groups is 1. The highest BCUT2D eigenvalue weighted by atomic mass is 16.5. The Morgan fingerprint density at radius 2 is 1.97 bits per heavy atom. The summed E-state index contributed by atoms with van der Waals surface area (Å²) < 4.78 is 17.4. The van der Waals surface area contributed by atoms with Crippen molar-refractivity contribution in [1.29, 1.82) is 0 Å². The first-order valence-electron chi connectivity index (χ1n) is 11.3. The Bertz CT molecular complexity index is 1140. The lowest BCUT2D eigenvalue weighted by molar-refractivity contribution is 0.182. The van der Waals surface area contributed by atoms with Crippen molar-refractivity contribution < 1.29 is 23.9 Å². The maximum atomic E-state index is 10.1. The number of aliphatic hydroxyl groups excluding tert-OH is 1. The first-order valence-corrected chi connectivity index (χ1v) is 11.3. The molecule has 0 spiro atoms. The predicted octanol–water partition coefficient (Wildman–Crippen LogP) is 4.93. The summed E-state index contributed by atoms with van der Waals surface area (Å²) in [6, 6.07) is 18.9. The summed E-state index contributed by atoms with van der Waals surface area (Å²) in [5.74, 6) is 1.93. The van der Waals surface area contributed by atoms with Gasteiger partial charge in [0.1, 0.15) is 30.5 Å². The van der Waals surface area contributed by atoms with E-state index in [1.165, 1.54) is 0 Å². The standard InChI is InChI=1S/C27H28BNO5/c1-20(19-32-22-7-3-2-4-8-22)25-14-15-28(31)34-27(25)13-10-21(26-9-5-6-16-29-26)17-23-11-12-24(18-30)33-23/h2-9,11-12,14,16-17,27,30-31H,1,10,13,15,18-19H2/b21-17-. The highest BCUT2D eigenvalue weighted by Crippen LogP contribution is 2.30. The van der Waals surface area contributed by atoms with Crippen molar-refractivity contribution >= 4 is 18.8 Å². The third-order valence-electron chi connectivity index (χ3n) is 5.60.